The SMILES string of the molecule is COC(CNC(=O)c1cc(Cl)cc(Cl)c1)c1ccsc1. The first-order valence-electron chi connectivity index (χ1n) is 5.89. The van der Waals surface area contributed by atoms with Crippen molar-refractivity contribution in [2.45, 2.75) is 6.10 Å². The highest BCUT2D eigenvalue weighted by atomic mass is 35.5. The van der Waals surface area contributed by atoms with Crippen LogP contribution in [0, 0.1) is 0 Å². The first-order valence-corrected chi connectivity index (χ1v) is 7.59. The van der Waals surface area contributed by atoms with E-state index in [9.17, 15) is 4.79 Å². The lowest BCUT2D eigenvalue weighted by Crippen LogP contribution is -2.29. The largest absolute Gasteiger partial charge is 0.375 e. The average Bonchev–Trinajstić information content (AvgIpc) is 2.92. The van der Waals surface area contributed by atoms with E-state index in [4.69, 9.17) is 27.9 Å². The summed E-state index contributed by atoms with van der Waals surface area (Å²) in [5.74, 6) is -0.230. The zero-order chi connectivity index (χ0) is 14.5. The van der Waals surface area contributed by atoms with Crippen molar-refractivity contribution in [1.82, 2.24) is 5.32 Å². The van der Waals surface area contributed by atoms with Crippen LogP contribution < -0.4 is 5.32 Å². The second kappa shape index (κ2) is 7.09. The lowest BCUT2D eigenvalue weighted by atomic mass is 10.1. The fraction of sp³-hybridized carbons (Fsp3) is 0.214. The van der Waals surface area contributed by atoms with E-state index in [0.29, 0.717) is 22.2 Å². The number of benzene rings is 1. The number of rotatable bonds is 5. The van der Waals surface area contributed by atoms with E-state index in [-0.39, 0.29) is 12.0 Å². The second-order valence-corrected chi connectivity index (χ2v) is 5.80. The fourth-order valence-electron chi connectivity index (χ4n) is 1.77. The number of methoxy groups -OCH3 is 1. The number of amides is 1. The number of carbonyl (C=O) groups excluding carboxylic acids is 1. The van der Waals surface area contributed by atoms with Gasteiger partial charge in [-0.15, -0.1) is 0 Å². The zero-order valence-electron chi connectivity index (χ0n) is 10.7. The molecule has 20 heavy (non-hydrogen) atoms. The molecule has 1 heterocycles. The predicted octanol–water partition coefficient (Wildman–Crippen LogP) is 4.17. The van der Waals surface area contributed by atoms with Crippen molar-refractivity contribution in [3.8, 4) is 0 Å². The summed E-state index contributed by atoms with van der Waals surface area (Å²) in [6.07, 6.45) is -0.167. The summed E-state index contributed by atoms with van der Waals surface area (Å²) in [6, 6.07) is 6.72. The van der Waals surface area contributed by atoms with Crippen molar-refractivity contribution < 1.29 is 9.53 Å². The minimum atomic E-state index is -0.230. The normalized spacial score (nSPS) is 12.2. The van der Waals surface area contributed by atoms with Gasteiger partial charge < -0.3 is 10.1 Å². The number of carbonyl (C=O) groups is 1. The van der Waals surface area contributed by atoms with Crippen molar-refractivity contribution in [3.63, 3.8) is 0 Å². The Morgan fingerprint density at radius 2 is 2.05 bits per heavy atom. The van der Waals surface area contributed by atoms with E-state index in [0.717, 1.165) is 5.56 Å². The maximum atomic E-state index is 12.1. The van der Waals surface area contributed by atoms with Gasteiger partial charge in [-0.2, -0.15) is 11.3 Å². The summed E-state index contributed by atoms with van der Waals surface area (Å²) < 4.78 is 5.37. The van der Waals surface area contributed by atoms with Gasteiger partial charge in [-0.1, -0.05) is 23.2 Å². The molecule has 0 fully saturated rings. The summed E-state index contributed by atoms with van der Waals surface area (Å²) in [7, 11) is 1.62. The molecule has 1 unspecified atom stereocenters. The Morgan fingerprint density at radius 1 is 1.35 bits per heavy atom. The molecule has 0 aliphatic carbocycles. The van der Waals surface area contributed by atoms with Gasteiger partial charge in [0.1, 0.15) is 6.10 Å². The molecular weight excluding hydrogens is 317 g/mol. The maximum Gasteiger partial charge on any atom is 0.251 e. The van der Waals surface area contributed by atoms with E-state index >= 15 is 0 Å². The molecule has 0 saturated carbocycles. The van der Waals surface area contributed by atoms with Gasteiger partial charge in [0.15, 0.2) is 0 Å². The van der Waals surface area contributed by atoms with Crippen molar-refractivity contribution >= 4 is 40.4 Å². The summed E-state index contributed by atoms with van der Waals surface area (Å²) in [5.41, 5.74) is 1.48. The average molecular weight is 330 g/mol. The predicted molar refractivity (Wildman–Crippen MR) is 82.9 cm³/mol. The van der Waals surface area contributed by atoms with Gasteiger partial charge in [0.2, 0.25) is 0 Å². The van der Waals surface area contributed by atoms with Crippen LogP contribution in [0.4, 0.5) is 0 Å². The Morgan fingerprint density at radius 3 is 2.60 bits per heavy atom. The number of nitrogens with one attached hydrogen (secondary N) is 1. The first-order chi connectivity index (χ1) is 9.60. The standard InChI is InChI=1S/C14H13Cl2NO2S/c1-19-13(9-2-3-20-8-9)7-17-14(18)10-4-11(15)6-12(16)5-10/h2-6,8,13H,7H2,1H3,(H,17,18). The lowest BCUT2D eigenvalue weighted by Gasteiger charge is -2.15. The quantitative estimate of drug-likeness (QED) is 0.893. The Bertz CT molecular complexity index is 567. The van der Waals surface area contributed by atoms with E-state index in [1.165, 1.54) is 0 Å². The van der Waals surface area contributed by atoms with E-state index in [1.807, 2.05) is 16.8 Å². The molecule has 0 aliphatic heterocycles. The Hall–Kier alpha value is -1.07. The molecular formula is C14H13Cl2NO2S. The summed E-state index contributed by atoms with van der Waals surface area (Å²) in [4.78, 5) is 12.1. The first kappa shape index (κ1) is 15.3. The molecule has 0 radical (unpaired) electrons. The van der Waals surface area contributed by atoms with Crippen LogP contribution in [0.25, 0.3) is 0 Å². The molecule has 2 aromatic rings. The highest BCUT2D eigenvalue weighted by Gasteiger charge is 2.14. The molecule has 6 heteroatoms. The number of hydrogen-bond donors (Lipinski definition) is 1. The molecule has 2 rings (SSSR count). The molecule has 0 saturated heterocycles. The van der Waals surface area contributed by atoms with Gasteiger partial charge in [-0.25, -0.2) is 0 Å². The number of ether oxygens (including phenoxy) is 1. The van der Waals surface area contributed by atoms with E-state index in [2.05, 4.69) is 5.32 Å². The van der Waals surface area contributed by atoms with Crippen molar-refractivity contribution in [3.05, 3.63) is 56.2 Å². The lowest BCUT2D eigenvalue weighted by molar-refractivity contribution is 0.0829. The topological polar surface area (TPSA) is 38.3 Å². The van der Waals surface area contributed by atoms with Gasteiger partial charge in [-0.3, -0.25) is 4.79 Å². The molecule has 1 aromatic heterocycles. The molecule has 1 aromatic carbocycles. The molecule has 1 atom stereocenters. The van der Waals surface area contributed by atoms with Gasteiger partial charge in [-0.05, 0) is 40.6 Å². The van der Waals surface area contributed by atoms with Gasteiger partial charge in [0.25, 0.3) is 5.91 Å². The van der Waals surface area contributed by atoms with Crippen molar-refractivity contribution in [1.29, 1.82) is 0 Å². The summed E-state index contributed by atoms with van der Waals surface area (Å²) in [5, 5.41) is 7.65. The maximum absolute atomic E-state index is 12.1. The summed E-state index contributed by atoms with van der Waals surface area (Å²) in [6.45, 7) is 0.385. The third-order valence-corrected chi connectivity index (χ3v) is 3.91. The molecule has 0 aliphatic rings. The highest BCUT2D eigenvalue weighted by molar-refractivity contribution is 7.07. The third-order valence-electron chi connectivity index (χ3n) is 2.77. The van der Waals surface area contributed by atoms with Crippen LogP contribution in [-0.2, 0) is 4.74 Å². The number of halogens is 2. The Balaban J connectivity index is 2.01. The highest BCUT2D eigenvalue weighted by Crippen LogP contribution is 2.20. The monoisotopic (exact) mass is 329 g/mol. The minimum absolute atomic E-state index is 0.167. The van der Waals surface area contributed by atoms with Crippen LogP contribution in [0.1, 0.15) is 22.0 Å². The number of thiophene rings is 1. The van der Waals surface area contributed by atoms with Gasteiger partial charge in [0, 0.05) is 29.3 Å². The smallest absolute Gasteiger partial charge is 0.251 e. The molecule has 1 amide bonds. The second-order valence-electron chi connectivity index (χ2n) is 4.15. The molecule has 3 nitrogen and oxygen atoms in total. The molecule has 106 valence electrons. The van der Waals surface area contributed by atoms with Gasteiger partial charge in [0.05, 0.1) is 0 Å². The van der Waals surface area contributed by atoms with Crippen molar-refractivity contribution in [2.24, 2.45) is 0 Å². The molecule has 0 spiro atoms. The van der Waals surface area contributed by atoms with Crippen LogP contribution in [0.5, 0.6) is 0 Å². The van der Waals surface area contributed by atoms with Crippen molar-refractivity contribution in [2.75, 3.05) is 13.7 Å². The third kappa shape index (κ3) is 3.96. The van der Waals surface area contributed by atoms with Crippen LogP contribution in [-0.4, -0.2) is 19.6 Å². The fourth-order valence-corrected chi connectivity index (χ4v) is 3.00. The van der Waals surface area contributed by atoms with Crippen LogP contribution >= 0.6 is 34.5 Å². The Labute approximate surface area is 131 Å². The van der Waals surface area contributed by atoms with E-state index in [1.54, 1.807) is 36.6 Å². The Kier molecular flexibility index (Phi) is 5.43. The van der Waals surface area contributed by atoms with Gasteiger partial charge >= 0.3 is 0 Å². The molecule has 1 N–H and O–H groups in total. The van der Waals surface area contributed by atoms with Crippen LogP contribution in [0.3, 0.4) is 0 Å². The van der Waals surface area contributed by atoms with Crippen LogP contribution in [0.15, 0.2) is 35.0 Å². The van der Waals surface area contributed by atoms with Crippen LogP contribution in [0.2, 0.25) is 10.0 Å². The summed E-state index contributed by atoms with van der Waals surface area (Å²) >= 11 is 13.3. The molecule has 0 bridgehead atoms. The number of hydrogen-bond acceptors (Lipinski definition) is 3. The minimum Gasteiger partial charge on any atom is -0.375 e. The van der Waals surface area contributed by atoms with E-state index < -0.39 is 0 Å². The zero-order valence-corrected chi connectivity index (χ0v) is 13.1.